The van der Waals surface area contributed by atoms with Gasteiger partial charge in [-0.2, -0.15) is 0 Å². The van der Waals surface area contributed by atoms with Crippen molar-refractivity contribution in [1.82, 2.24) is 9.80 Å². The molecule has 1 fully saturated rings. The lowest BCUT2D eigenvalue weighted by atomic mass is 10.1. The van der Waals surface area contributed by atoms with Gasteiger partial charge in [-0.3, -0.25) is 9.59 Å². The van der Waals surface area contributed by atoms with Crippen LogP contribution >= 0.6 is 0 Å². The average molecular weight is 376 g/mol. The minimum atomic E-state index is -1.58. The predicted molar refractivity (Wildman–Crippen MR) is 93.1 cm³/mol. The first-order valence-corrected chi connectivity index (χ1v) is 8.67. The second kappa shape index (κ2) is 8.24. The fourth-order valence-electron chi connectivity index (χ4n) is 3.06. The first-order chi connectivity index (χ1) is 13.0. The molecule has 0 bridgehead atoms. The summed E-state index contributed by atoms with van der Waals surface area (Å²) in [6, 6.07) is 11.4. The van der Waals surface area contributed by atoms with Gasteiger partial charge in [0.05, 0.1) is 6.42 Å². The molecule has 0 aliphatic carbocycles. The van der Waals surface area contributed by atoms with Gasteiger partial charge in [0.25, 0.3) is 0 Å². The summed E-state index contributed by atoms with van der Waals surface area (Å²) in [6.07, 6.45) is -0.214. The predicted octanol–water partition coefficient (Wildman–Crippen LogP) is 2.91. The zero-order valence-corrected chi connectivity index (χ0v) is 14.6. The van der Waals surface area contributed by atoms with Crippen molar-refractivity contribution in [3.8, 4) is 0 Å². The largest absolute Gasteiger partial charge is 0.340 e. The molecule has 0 radical (unpaired) electrons. The van der Waals surface area contributed by atoms with E-state index in [2.05, 4.69) is 0 Å². The van der Waals surface area contributed by atoms with Crippen molar-refractivity contribution >= 4 is 11.8 Å². The Morgan fingerprint density at radius 2 is 1.67 bits per heavy atom. The lowest BCUT2D eigenvalue weighted by Crippen LogP contribution is -2.36. The Morgan fingerprint density at radius 3 is 2.41 bits per heavy atom. The van der Waals surface area contributed by atoms with Crippen LogP contribution in [0.15, 0.2) is 42.5 Å². The molecule has 2 aromatic rings. The fraction of sp³-hybridized carbons (Fsp3) is 0.300. The van der Waals surface area contributed by atoms with E-state index in [1.54, 1.807) is 4.90 Å². The molecule has 0 aromatic heterocycles. The number of rotatable bonds is 4. The standard InChI is InChI=1S/C20H19F3N2O2/c21-16-7-6-15(19(22)20(16)23)12-18(27)24-9-8-17(26)25(11-10-24)13-14-4-2-1-3-5-14/h1-7H,8-13H2. The molecule has 0 saturated carbocycles. The van der Waals surface area contributed by atoms with Gasteiger partial charge in [-0.05, 0) is 11.6 Å². The second-order valence-electron chi connectivity index (χ2n) is 6.44. The van der Waals surface area contributed by atoms with Crippen LogP contribution in [0.2, 0.25) is 0 Å². The summed E-state index contributed by atoms with van der Waals surface area (Å²) in [5, 5.41) is 0. The number of carbonyl (C=O) groups is 2. The van der Waals surface area contributed by atoms with E-state index in [4.69, 9.17) is 0 Å². The number of halogens is 3. The molecule has 1 saturated heterocycles. The highest BCUT2D eigenvalue weighted by Crippen LogP contribution is 2.17. The van der Waals surface area contributed by atoms with Crippen LogP contribution in [0, 0.1) is 17.5 Å². The van der Waals surface area contributed by atoms with Gasteiger partial charge >= 0.3 is 0 Å². The zero-order chi connectivity index (χ0) is 19.4. The third-order valence-corrected chi connectivity index (χ3v) is 4.61. The summed E-state index contributed by atoms with van der Waals surface area (Å²) in [5.74, 6) is -4.71. The van der Waals surface area contributed by atoms with Crippen molar-refractivity contribution in [3.63, 3.8) is 0 Å². The van der Waals surface area contributed by atoms with E-state index in [1.165, 1.54) is 4.90 Å². The first kappa shape index (κ1) is 18.9. The van der Waals surface area contributed by atoms with Crippen molar-refractivity contribution in [3.05, 3.63) is 71.0 Å². The Bertz CT molecular complexity index is 843. The highest BCUT2D eigenvalue weighted by Gasteiger charge is 2.25. The average Bonchev–Trinajstić information content (AvgIpc) is 2.85. The van der Waals surface area contributed by atoms with E-state index in [0.29, 0.717) is 19.6 Å². The van der Waals surface area contributed by atoms with Crippen molar-refractivity contribution in [2.24, 2.45) is 0 Å². The maximum absolute atomic E-state index is 13.8. The van der Waals surface area contributed by atoms with Crippen LogP contribution in [0.5, 0.6) is 0 Å². The molecule has 0 atom stereocenters. The Morgan fingerprint density at radius 1 is 0.926 bits per heavy atom. The van der Waals surface area contributed by atoms with Crippen molar-refractivity contribution < 1.29 is 22.8 Å². The van der Waals surface area contributed by atoms with E-state index >= 15 is 0 Å². The van der Waals surface area contributed by atoms with E-state index in [-0.39, 0.29) is 30.9 Å². The van der Waals surface area contributed by atoms with Crippen molar-refractivity contribution in [1.29, 1.82) is 0 Å². The molecule has 142 valence electrons. The van der Waals surface area contributed by atoms with Crippen LogP contribution in [0.3, 0.4) is 0 Å². The Hall–Kier alpha value is -2.83. The molecule has 0 unspecified atom stereocenters. The Kier molecular flexibility index (Phi) is 5.78. The summed E-state index contributed by atoms with van der Waals surface area (Å²) in [4.78, 5) is 27.9. The third-order valence-electron chi connectivity index (χ3n) is 4.61. The number of carbonyl (C=O) groups excluding carboxylic acids is 2. The van der Waals surface area contributed by atoms with E-state index in [9.17, 15) is 22.8 Å². The van der Waals surface area contributed by atoms with E-state index < -0.39 is 23.4 Å². The van der Waals surface area contributed by atoms with Gasteiger partial charge in [-0.15, -0.1) is 0 Å². The second-order valence-corrected chi connectivity index (χ2v) is 6.44. The van der Waals surface area contributed by atoms with Crippen LogP contribution in [-0.4, -0.2) is 41.2 Å². The van der Waals surface area contributed by atoms with Gasteiger partial charge < -0.3 is 9.80 Å². The molecule has 4 nitrogen and oxygen atoms in total. The van der Waals surface area contributed by atoms with Crippen LogP contribution in [0.1, 0.15) is 17.5 Å². The maximum Gasteiger partial charge on any atom is 0.227 e. The lowest BCUT2D eigenvalue weighted by molar-refractivity contribution is -0.130. The Labute approximate surface area is 155 Å². The first-order valence-electron chi connectivity index (χ1n) is 8.67. The minimum Gasteiger partial charge on any atom is -0.340 e. The van der Waals surface area contributed by atoms with Gasteiger partial charge in [-0.1, -0.05) is 36.4 Å². The van der Waals surface area contributed by atoms with Crippen LogP contribution in [0.4, 0.5) is 13.2 Å². The highest BCUT2D eigenvalue weighted by molar-refractivity contribution is 5.81. The molecule has 1 heterocycles. The molecule has 0 spiro atoms. The van der Waals surface area contributed by atoms with Crippen molar-refractivity contribution in [2.75, 3.05) is 19.6 Å². The molecule has 3 rings (SSSR count). The molecule has 1 aliphatic rings. The molecule has 2 aromatic carbocycles. The summed E-state index contributed by atoms with van der Waals surface area (Å²) >= 11 is 0. The number of nitrogens with zero attached hydrogens (tertiary/aromatic N) is 2. The lowest BCUT2D eigenvalue weighted by Gasteiger charge is -2.22. The van der Waals surface area contributed by atoms with Crippen LogP contribution < -0.4 is 0 Å². The molecule has 2 amide bonds. The normalized spacial score (nSPS) is 15.0. The zero-order valence-electron chi connectivity index (χ0n) is 14.6. The molecular formula is C20H19F3N2O2. The topological polar surface area (TPSA) is 40.6 Å². The van der Waals surface area contributed by atoms with Gasteiger partial charge in [0.2, 0.25) is 11.8 Å². The maximum atomic E-state index is 13.8. The summed E-state index contributed by atoms with van der Waals surface area (Å²) in [7, 11) is 0. The van der Waals surface area contributed by atoms with Gasteiger partial charge in [0.1, 0.15) is 0 Å². The number of hydrogen-bond acceptors (Lipinski definition) is 2. The third kappa shape index (κ3) is 4.48. The fourth-order valence-corrected chi connectivity index (χ4v) is 3.06. The minimum absolute atomic E-state index is 0.0619. The molecular weight excluding hydrogens is 357 g/mol. The summed E-state index contributed by atoms with van der Waals surface area (Å²) < 4.78 is 40.1. The van der Waals surface area contributed by atoms with Crippen LogP contribution in [0.25, 0.3) is 0 Å². The SMILES string of the molecule is O=C(Cc1ccc(F)c(F)c1F)N1CCC(=O)N(Cc2ccccc2)CC1. The van der Waals surface area contributed by atoms with Gasteiger partial charge in [0, 0.05) is 38.2 Å². The monoisotopic (exact) mass is 376 g/mol. The van der Waals surface area contributed by atoms with Crippen molar-refractivity contribution in [2.45, 2.75) is 19.4 Å². The van der Waals surface area contributed by atoms with Crippen LogP contribution in [-0.2, 0) is 22.6 Å². The van der Waals surface area contributed by atoms with E-state index in [0.717, 1.165) is 17.7 Å². The highest BCUT2D eigenvalue weighted by atomic mass is 19.2. The Balaban J connectivity index is 1.64. The summed E-state index contributed by atoms with van der Waals surface area (Å²) in [6.45, 7) is 1.34. The van der Waals surface area contributed by atoms with E-state index in [1.807, 2.05) is 30.3 Å². The molecule has 0 N–H and O–H groups in total. The number of amides is 2. The molecule has 7 heteroatoms. The summed E-state index contributed by atoms with van der Waals surface area (Å²) in [5.41, 5.74) is 0.796. The smallest absolute Gasteiger partial charge is 0.227 e. The van der Waals surface area contributed by atoms with Gasteiger partial charge in [0.15, 0.2) is 17.5 Å². The number of hydrogen-bond donors (Lipinski definition) is 0. The molecule has 1 aliphatic heterocycles. The van der Waals surface area contributed by atoms with Gasteiger partial charge in [-0.25, -0.2) is 13.2 Å². The number of benzene rings is 2. The quantitative estimate of drug-likeness (QED) is 0.770. The molecule has 27 heavy (non-hydrogen) atoms.